The molecule has 0 saturated heterocycles. The highest BCUT2D eigenvalue weighted by Gasteiger charge is 2.08. The Bertz CT molecular complexity index is 963. The number of aryl methyl sites for hydroxylation is 1. The molecule has 0 aliphatic rings. The Morgan fingerprint density at radius 1 is 1.16 bits per heavy atom. The van der Waals surface area contributed by atoms with Gasteiger partial charge >= 0.3 is 5.63 Å². The van der Waals surface area contributed by atoms with Crippen LogP contribution in [0.1, 0.15) is 12.5 Å². The highest BCUT2D eigenvalue weighted by Crippen LogP contribution is 2.23. The molecule has 25 heavy (non-hydrogen) atoms. The zero-order chi connectivity index (χ0) is 17.8. The van der Waals surface area contributed by atoms with Gasteiger partial charge in [0.05, 0.1) is 0 Å². The van der Waals surface area contributed by atoms with Gasteiger partial charge in [0.25, 0.3) is 5.91 Å². The summed E-state index contributed by atoms with van der Waals surface area (Å²) in [4.78, 5) is 23.5. The van der Waals surface area contributed by atoms with Crippen molar-refractivity contribution in [3.63, 3.8) is 0 Å². The number of anilines is 1. The minimum Gasteiger partial charge on any atom is -0.484 e. The molecule has 1 aromatic heterocycles. The number of carbonyl (C=O) groups is 1. The number of carbonyl (C=O) groups excluding carboxylic acids is 1. The Balaban J connectivity index is 1.69. The Kier molecular flexibility index (Phi) is 4.79. The maximum atomic E-state index is 12.8. The van der Waals surface area contributed by atoms with Gasteiger partial charge in [-0.15, -0.1) is 0 Å². The number of hydrogen-bond donors (Lipinski definition) is 1. The van der Waals surface area contributed by atoms with Gasteiger partial charge in [0, 0.05) is 23.2 Å². The lowest BCUT2D eigenvalue weighted by Crippen LogP contribution is -2.20. The van der Waals surface area contributed by atoms with E-state index >= 15 is 0 Å². The Morgan fingerprint density at radius 3 is 2.64 bits per heavy atom. The van der Waals surface area contributed by atoms with Crippen molar-refractivity contribution in [3.05, 3.63) is 70.3 Å². The van der Waals surface area contributed by atoms with Crippen molar-refractivity contribution in [3.8, 4) is 5.75 Å². The Morgan fingerprint density at radius 2 is 1.92 bits per heavy atom. The summed E-state index contributed by atoms with van der Waals surface area (Å²) in [5.74, 6) is -0.341. The van der Waals surface area contributed by atoms with E-state index in [1.807, 2.05) is 6.92 Å². The molecule has 0 spiro atoms. The topological polar surface area (TPSA) is 68.5 Å². The van der Waals surface area contributed by atoms with Gasteiger partial charge < -0.3 is 14.5 Å². The van der Waals surface area contributed by atoms with Crippen LogP contribution in [0.25, 0.3) is 11.0 Å². The quantitative estimate of drug-likeness (QED) is 0.721. The lowest BCUT2D eigenvalue weighted by atomic mass is 10.1. The molecule has 1 heterocycles. The second-order valence-corrected chi connectivity index (χ2v) is 5.45. The van der Waals surface area contributed by atoms with E-state index in [1.54, 1.807) is 18.2 Å². The summed E-state index contributed by atoms with van der Waals surface area (Å²) < 4.78 is 23.5. The number of ether oxygens (including phenoxy) is 1. The average molecular weight is 341 g/mol. The third-order valence-corrected chi connectivity index (χ3v) is 3.68. The number of amides is 1. The van der Waals surface area contributed by atoms with E-state index in [9.17, 15) is 14.0 Å². The highest BCUT2D eigenvalue weighted by molar-refractivity contribution is 5.92. The molecule has 0 fully saturated rings. The fraction of sp³-hybridized carbons (Fsp3) is 0.158. The summed E-state index contributed by atoms with van der Waals surface area (Å²) in [5.41, 5.74) is 1.37. The largest absolute Gasteiger partial charge is 0.484 e. The smallest absolute Gasteiger partial charge is 0.336 e. The van der Waals surface area contributed by atoms with Crippen LogP contribution < -0.4 is 15.7 Å². The average Bonchev–Trinajstić information content (AvgIpc) is 2.60. The van der Waals surface area contributed by atoms with Gasteiger partial charge in [-0.1, -0.05) is 6.92 Å². The highest BCUT2D eigenvalue weighted by atomic mass is 19.1. The fourth-order valence-corrected chi connectivity index (χ4v) is 2.47. The second kappa shape index (κ2) is 7.17. The van der Waals surface area contributed by atoms with E-state index in [0.717, 1.165) is 10.9 Å². The molecular formula is C19H16FNO4. The van der Waals surface area contributed by atoms with Crippen molar-refractivity contribution in [1.82, 2.24) is 0 Å². The summed E-state index contributed by atoms with van der Waals surface area (Å²) >= 11 is 0. The third-order valence-electron chi connectivity index (χ3n) is 3.68. The van der Waals surface area contributed by atoms with Gasteiger partial charge in [-0.3, -0.25) is 4.79 Å². The first-order chi connectivity index (χ1) is 12.0. The van der Waals surface area contributed by atoms with Crippen molar-refractivity contribution in [2.45, 2.75) is 13.3 Å². The van der Waals surface area contributed by atoms with Crippen molar-refractivity contribution in [2.24, 2.45) is 0 Å². The minimum absolute atomic E-state index is 0.222. The molecule has 128 valence electrons. The number of hydrogen-bond acceptors (Lipinski definition) is 4. The molecule has 3 aromatic rings. The van der Waals surface area contributed by atoms with Gasteiger partial charge in [0.15, 0.2) is 6.61 Å². The van der Waals surface area contributed by atoms with Crippen LogP contribution in [0.5, 0.6) is 5.75 Å². The van der Waals surface area contributed by atoms with Crippen LogP contribution in [0.15, 0.2) is 57.7 Å². The first-order valence-electron chi connectivity index (χ1n) is 7.80. The molecule has 0 bridgehead atoms. The lowest BCUT2D eigenvalue weighted by molar-refractivity contribution is -0.118. The van der Waals surface area contributed by atoms with Crippen LogP contribution in [0, 0.1) is 5.82 Å². The van der Waals surface area contributed by atoms with Crippen molar-refractivity contribution in [1.29, 1.82) is 0 Å². The molecule has 0 aliphatic heterocycles. The maximum absolute atomic E-state index is 12.8. The van der Waals surface area contributed by atoms with Crippen molar-refractivity contribution in [2.75, 3.05) is 11.9 Å². The summed E-state index contributed by atoms with van der Waals surface area (Å²) in [6, 6.07) is 12.0. The summed E-state index contributed by atoms with van der Waals surface area (Å²) in [6.07, 6.45) is 0.711. The Hall–Kier alpha value is -3.15. The molecule has 1 amide bonds. The molecule has 0 saturated carbocycles. The molecule has 2 aromatic carbocycles. The van der Waals surface area contributed by atoms with Crippen LogP contribution >= 0.6 is 0 Å². The second-order valence-electron chi connectivity index (χ2n) is 5.45. The minimum atomic E-state index is -0.421. The van der Waals surface area contributed by atoms with Crippen LogP contribution in [-0.2, 0) is 11.2 Å². The fourth-order valence-electron chi connectivity index (χ4n) is 2.47. The SMILES string of the molecule is CCc1cc(=O)oc2cc(OCC(=O)Nc3ccc(F)cc3)ccc12. The monoisotopic (exact) mass is 341 g/mol. The molecule has 0 unspecified atom stereocenters. The van der Waals surface area contributed by atoms with Gasteiger partial charge in [-0.2, -0.15) is 0 Å². The molecule has 0 aliphatic carbocycles. The summed E-state index contributed by atoms with van der Waals surface area (Å²) in [7, 11) is 0. The zero-order valence-corrected chi connectivity index (χ0v) is 13.5. The van der Waals surface area contributed by atoms with E-state index in [1.165, 1.54) is 30.3 Å². The molecule has 3 rings (SSSR count). The van der Waals surface area contributed by atoms with E-state index in [0.29, 0.717) is 23.4 Å². The van der Waals surface area contributed by atoms with Crippen LogP contribution in [0.2, 0.25) is 0 Å². The standard InChI is InChI=1S/C19H16FNO4/c1-2-12-9-19(23)25-17-10-15(7-8-16(12)17)24-11-18(22)21-14-5-3-13(20)4-6-14/h3-10H,2,11H2,1H3,(H,21,22). The molecule has 1 N–H and O–H groups in total. The van der Waals surface area contributed by atoms with Crippen molar-refractivity contribution >= 4 is 22.6 Å². The molecular weight excluding hydrogens is 325 g/mol. The predicted molar refractivity (Wildman–Crippen MR) is 92.4 cm³/mol. The van der Waals surface area contributed by atoms with Crippen LogP contribution in [0.3, 0.4) is 0 Å². The van der Waals surface area contributed by atoms with Crippen molar-refractivity contribution < 1.29 is 18.3 Å². The number of benzene rings is 2. The molecule has 0 atom stereocenters. The van der Waals surface area contributed by atoms with E-state index < -0.39 is 5.63 Å². The summed E-state index contributed by atoms with van der Waals surface area (Å²) in [6.45, 7) is 1.74. The molecule has 0 radical (unpaired) electrons. The van der Waals surface area contributed by atoms with E-state index in [-0.39, 0.29) is 18.3 Å². The molecule has 5 nitrogen and oxygen atoms in total. The number of rotatable bonds is 5. The normalized spacial score (nSPS) is 10.6. The Labute approximate surface area is 143 Å². The molecule has 6 heteroatoms. The lowest BCUT2D eigenvalue weighted by Gasteiger charge is -2.09. The third kappa shape index (κ3) is 4.03. The summed E-state index contributed by atoms with van der Waals surface area (Å²) in [5, 5.41) is 3.44. The maximum Gasteiger partial charge on any atom is 0.336 e. The first-order valence-corrected chi connectivity index (χ1v) is 7.80. The van der Waals surface area contributed by atoms with E-state index in [4.69, 9.17) is 9.15 Å². The zero-order valence-electron chi connectivity index (χ0n) is 13.5. The van der Waals surface area contributed by atoms with E-state index in [2.05, 4.69) is 5.32 Å². The predicted octanol–water partition coefficient (Wildman–Crippen LogP) is 3.51. The van der Waals surface area contributed by atoms with Crippen LogP contribution in [0.4, 0.5) is 10.1 Å². The van der Waals surface area contributed by atoms with Gasteiger partial charge in [0.2, 0.25) is 0 Å². The first kappa shape index (κ1) is 16.7. The van der Waals surface area contributed by atoms with Gasteiger partial charge in [0.1, 0.15) is 17.1 Å². The van der Waals surface area contributed by atoms with Crippen LogP contribution in [-0.4, -0.2) is 12.5 Å². The number of halogens is 1. The van der Waals surface area contributed by atoms with Gasteiger partial charge in [-0.05, 0) is 48.4 Å². The number of nitrogens with one attached hydrogen (secondary N) is 1. The number of fused-ring (bicyclic) bond motifs is 1. The van der Waals surface area contributed by atoms with Gasteiger partial charge in [-0.25, -0.2) is 9.18 Å².